The van der Waals surface area contributed by atoms with E-state index < -0.39 is 10.0 Å². The van der Waals surface area contributed by atoms with Crippen LogP contribution in [0.5, 0.6) is 0 Å². The van der Waals surface area contributed by atoms with Gasteiger partial charge in [-0.05, 0) is 41.8 Å². The molecule has 0 atom stereocenters. The van der Waals surface area contributed by atoms with Gasteiger partial charge < -0.3 is 4.42 Å². The van der Waals surface area contributed by atoms with Gasteiger partial charge in [-0.2, -0.15) is 0 Å². The number of sulfonamides is 1. The van der Waals surface area contributed by atoms with Gasteiger partial charge in [-0.1, -0.05) is 65.7 Å². The molecule has 0 fully saturated rings. The van der Waals surface area contributed by atoms with Crippen molar-refractivity contribution in [3.05, 3.63) is 88.9 Å². The van der Waals surface area contributed by atoms with Crippen LogP contribution in [-0.4, -0.2) is 13.4 Å². The predicted molar refractivity (Wildman–Crippen MR) is 124 cm³/mol. The number of nitrogens with one attached hydrogen (secondary N) is 1. The summed E-state index contributed by atoms with van der Waals surface area (Å²) in [5.41, 5.74) is 2.18. The van der Waals surface area contributed by atoms with Crippen molar-refractivity contribution < 1.29 is 12.8 Å². The lowest BCUT2D eigenvalue weighted by atomic mass is 10.0. The summed E-state index contributed by atoms with van der Waals surface area (Å²) in [4.78, 5) is 4.50. The van der Waals surface area contributed by atoms with Crippen molar-refractivity contribution in [2.75, 3.05) is 4.72 Å². The standard InChI is InChI=1S/C23H14Cl2N2O3S/c24-15-11-16(25)13-17(12-15)31(28,29)27-22-18-6-2-1-5-14(18)9-10-19(22)23-26-20-7-3-4-8-21(20)30-23/h1-13,27H. The molecule has 0 unspecified atom stereocenters. The van der Waals surface area contributed by atoms with Crippen LogP contribution in [0.3, 0.4) is 0 Å². The minimum absolute atomic E-state index is 0.0403. The summed E-state index contributed by atoms with van der Waals surface area (Å²) in [6, 6.07) is 22.7. The first-order valence-corrected chi connectivity index (χ1v) is 11.5. The summed E-state index contributed by atoms with van der Waals surface area (Å²) in [6.45, 7) is 0. The molecule has 0 radical (unpaired) electrons. The number of anilines is 1. The number of rotatable bonds is 4. The third-order valence-corrected chi connectivity index (χ3v) is 6.60. The van der Waals surface area contributed by atoms with Crippen LogP contribution in [0.2, 0.25) is 10.0 Å². The van der Waals surface area contributed by atoms with E-state index in [1.54, 1.807) is 6.07 Å². The summed E-state index contributed by atoms with van der Waals surface area (Å²) >= 11 is 12.0. The topological polar surface area (TPSA) is 72.2 Å². The highest BCUT2D eigenvalue weighted by atomic mass is 35.5. The fourth-order valence-electron chi connectivity index (χ4n) is 3.42. The summed E-state index contributed by atoms with van der Waals surface area (Å²) in [5.74, 6) is 0.314. The maximum Gasteiger partial charge on any atom is 0.262 e. The summed E-state index contributed by atoms with van der Waals surface area (Å²) < 4.78 is 35.1. The van der Waals surface area contributed by atoms with Crippen molar-refractivity contribution in [2.45, 2.75) is 4.90 Å². The lowest BCUT2D eigenvalue weighted by Crippen LogP contribution is -2.14. The van der Waals surface area contributed by atoms with E-state index in [1.807, 2.05) is 54.6 Å². The largest absolute Gasteiger partial charge is 0.436 e. The Morgan fingerprint density at radius 2 is 1.55 bits per heavy atom. The van der Waals surface area contributed by atoms with Gasteiger partial charge in [0.1, 0.15) is 5.52 Å². The third-order valence-electron chi connectivity index (χ3n) is 4.84. The van der Waals surface area contributed by atoms with Gasteiger partial charge in [0.25, 0.3) is 10.0 Å². The van der Waals surface area contributed by atoms with Gasteiger partial charge >= 0.3 is 0 Å². The molecule has 0 amide bonds. The molecule has 4 aromatic carbocycles. The molecule has 1 heterocycles. The Labute approximate surface area is 188 Å². The van der Waals surface area contributed by atoms with Crippen molar-refractivity contribution in [3.8, 4) is 11.5 Å². The van der Waals surface area contributed by atoms with Crippen LogP contribution in [-0.2, 0) is 10.0 Å². The van der Waals surface area contributed by atoms with E-state index in [0.717, 1.165) is 5.39 Å². The van der Waals surface area contributed by atoms with Gasteiger partial charge in [0.05, 0.1) is 16.1 Å². The summed E-state index contributed by atoms with van der Waals surface area (Å²) in [6.07, 6.45) is 0. The number of hydrogen-bond donors (Lipinski definition) is 1. The fourth-order valence-corrected chi connectivity index (χ4v) is 5.25. The minimum atomic E-state index is -4.00. The van der Waals surface area contributed by atoms with Crippen molar-refractivity contribution in [1.82, 2.24) is 4.98 Å². The number of fused-ring (bicyclic) bond motifs is 2. The van der Waals surface area contributed by atoms with Gasteiger partial charge in [-0.3, -0.25) is 4.72 Å². The van der Waals surface area contributed by atoms with Gasteiger partial charge in [0.15, 0.2) is 5.58 Å². The molecule has 0 aliphatic heterocycles. The smallest absolute Gasteiger partial charge is 0.262 e. The average Bonchev–Trinajstić information content (AvgIpc) is 3.17. The summed E-state index contributed by atoms with van der Waals surface area (Å²) in [7, 11) is -4.00. The maximum atomic E-state index is 13.2. The Bertz CT molecular complexity index is 1510. The number of benzene rings is 4. The first kappa shape index (κ1) is 19.9. The second-order valence-corrected chi connectivity index (χ2v) is 9.46. The number of nitrogens with zero attached hydrogens (tertiary/aromatic N) is 1. The van der Waals surface area contributed by atoms with Crippen molar-refractivity contribution in [1.29, 1.82) is 0 Å². The highest BCUT2D eigenvalue weighted by molar-refractivity contribution is 7.92. The number of halogens is 2. The van der Waals surface area contributed by atoms with E-state index in [0.29, 0.717) is 33.6 Å². The molecular formula is C23H14Cl2N2O3S. The molecule has 0 saturated heterocycles. The molecule has 31 heavy (non-hydrogen) atoms. The number of para-hydroxylation sites is 2. The van der Waals surface area contributed by atoms with Gasteiger partial charge in [0.2, 0.25) is 5.89 Å². The third kappa shape index (κ3) is 3.74. The monoisotopic (exact) mass is 468 g/mol. The van der Waals surface area contributed by atoms with E-state index in [1.165, 1.54) is 18.2 Å². The number of aromatic nitrogens is 1. The molecular weight excluding hydrogens is 455 g/mol. The Morgan fingerprint density at radius 3 is 2.32 bits per heavy atom. The van der Waals surface area contributed by atoms with Gasteiger partial charge in [0, 0.05) is 15.4 Å². The molecule has 1 N–H and O–H groups in total. The zero-order valence-electron chi connectivity index (χ0n) is 15.8. The second kappa shape index (κ2) is 7.57. The van der Waals surface area contributed by atoms with Crippen molar-refractivity contribution in [2.24, 2.45) is 0 Å². The van der Waals surface area contributed by atoms with Gasteiger partial charge in [-0.25, -0.2) is 13.4 Å². The first-order valence-electron chi connectivity index (χ1n) is 9.27. The molecule has 5 nitrogen and oxygen atoms in total. The zero-order chi connectivity index (χ0) is 21.6. The van der Waals surface area contributed by atoms with Crippen LogP contribution in [0.4, 0.5) is 5.69 Å². The van der Waals surface area contributed by atoms with Crippen LogP contribution in [0.1, 0.15) is 0 Å². The van der Waals surface area contributed by atoms with Crippen molar-refractivity contribution in [3.63, 3.8) is 0 Å². The predicted octanol–water partition coefficient (Wildman–Crippen LogP) is 6.76. The second-order valence-electron chi connectivity index (χ2n) is 6.91. The zero-order valence-corrected chi connectivity index (χ0v) is 18.2. The van der Waals surface area contributed by atoms with E-state index in [2.05, 4.69) is 9.71 Å². The average molecular weight is 469 g/mol. The highest BCUT2D eigenvalue weighted by Gasteiger charge is 2.22. The molecule has 5 aromatic rings. The van der Waals surface area contributed by atoms with E-state index >= 15 is 0 Å². The number of oxazole rings is 1. The quantitative estimate of drug-likeness (QED) is 0.316. The molecule has 154 valence electrons. The fraction of sp³-hybridized carbons (Fsp3) is 0. The Morgan fingerprint density at radius 1 is 0.839 bits per heavy atom. The van der Waals surface area contributed by atoms with Crippen LogP contribution in [0.15, 0.2) is 88.2 Å². The maximum absolute atomic E-state index is 13.2. The first-order chi connectivity index (χ1) is 14.9. The van der Waals surface area contributed by atoms with Crippen LogP contribution in [0.25, 0.3) is 33.3 Å². The molecule has 1 aromatic heterocycles. The Kier molecular flexibility index (Phi) is 4.85. The number of hydrogen-bond acceptors (Lipinski definition) is 4. The van der Waals surface area contributed by atoms with Gasteiger partial charge in [-0.15, -0.1) is 0 Å². The minimum Gasteiger partial charge on any atom is -0.436 e. The Balaban J connectivity index is 1.72. The van der Waals surface area contributed by atoms with Crippen LogP contribution < -0.4 is 4.72 Å². The molecule has 0 bridgehead atoms. The van der Waals surface area contributed by atoms with E-state index in [-0.39, 0.29) is 14.9 Å². The van der Waals surface area contributed by atoms with E-state index in [9.17, 15) is 8.42 Å². The molecule has 8 heteroatoms. The molecule has 0 spiro atoms. The molecule has 0 saturated carbocycles. The van der Waals surface area contributed by atoms with Crippen LogP contribution in [0, 0.1) is 0 Å². The molecule has 5 rings (SSSR count). The van der Waals surface area contributed by atoms with Crippen molar-refractivity contribution >= 4 is 60.8 Å². The van der Waals surface area contributed by atoms with E-state index in [4.69, 9.17) is 27.6 Å². The lowest BCUT2D eigenvalue weighted by molar-refractivity contribution is 0.601. The SMILES string of the molecule is O=S(=O)(Nc1c(-c2nc3ccccc3o2)ccc2ccccc12)c1cc(Cl)cc(Cl)c1. The highest BCUT2D eigenvalue weighted by Crippen LogP contribution is 2.37. The molecule has 0 aliphatic rings. The normalized spacial score (nSPS) is 11.8. The Hall–Kier alpha value is -3.06. The van der Waals surface area contributed by atoms with Crippen LogP contribution >= 0.6 is 23.2 Å². The molecule has 0 aliphatic carbocycles. The lowest BCUT2D eigenvalue weighted by Gasteiger charge is -2.14. The summed E-state index contributed by atoms with van der Waals surface area (Å²) in [5, 5.41) is 2.03.